The number of benzene rings is 3. The zero-order chi connectivity index (χ0) is 24.6. The summed E-state index contributed by atoms with van der Waals surface area (Å²) in [6.45, 7) is 13.8. The molecule has 2 nitrogen and oxygen atoms in total. The van der Waals surface area contributed by atoms with E-state index in [1.807, 2.05) is 11.3 Å². The van der Waals surface area contributed by atoms with E-state index in [0.29, 0.717) is 5.92 Å². The lowest BCUT2D eigenvalue weighted by Crippen LogP contribution is -2.34. The van der Waals surface area contributed by atoms with Crippen LogP contribution in [0.15, 0.2) is 66.9 Å². The molecule has 6 rings (SSSR count). The number of rotatable bonds is 2. The maximum atomic E-state index is 2.52. The van der Waals surface area contributed by atoms with Crippen molar-refractivity contribution in [2.24, 2.45) is 7.05 Å². The summed E-state index contributed by atoms with van der Waals surface area (Å²) in [4.78, 5) is 0. The van der Waals surface area contributed by atoms with Crippen molar-refractivity contribution in [2.75, 3.05) is 0 Å². The van der Waals surface area contributed by atoms with E-state index in [0.717, 1.165) is 0 Å². The molecule has 176 valence electrons. The smallest absolute Gasteiger partial charge is 0.237 e. The van der Waals surface area contributed by atoms with Crippen molar-refractivity contribution >= 4 is 53.3 Å². The van der Waals surface area contributed by atoms with Crippen LogP contribution in [-0.2, 0) is 12.5 Å². The minimum Gasteiger partial charge on any atom is -0.237 e. The molecular weight excluding hydrogens is 444 g/mol. The van der Waals surface area contributed by atoms with Crippen LogP contribution in [0.3, 0.4) is 0 Å². The number of pyridine rings is 1. The molecule has 0 saturated carbocycles. The molecule has 3 heteroatoms. The van der Waals surface area contributed by atoms with Gasteiger partial charge in [-0.15, -0.1) is 11.3 Å². The third-order valence-corrected chi connectivity index (χ3v) is 8.70. The summed E-state index contributed by atoms with van der Waals surface area (Å²) in [5.41, 5.74) is 6.84. The number of nitrogens with zero attached hydrogens (tertiary/aromatic N) is 2. The first kappa shape index (κ1) is 22.3. The molecule has 3 aromatic carbocycles. The highest BCUT2D eigenvalue weighted by Gasteiger charge is 2.27. The van der Waals surface area contributed by atoms with Gasteiger partial charge in [-0.1, -0.05) is 58.9 Å². The Bertz CT molecular complexity index is 1770. The van der Waals surface area contributed by atoms with Gasteiger partial charge in [-0.2, -0.15) is 4.57 Å². The second kappa shape index (κ2) is 7.66. The van der Waals surface area contributed by atoms with Crippen LogP contribution in [0.1, 0.15) is 57.2 Å². The lowest BCUT2D eigenvalue weighted by atomic mass is 9.87. The Hall–Kier alpha value is -3.17. The molecule has 3 aromatic heterocycles. The Morgan fingerprint density at radius 2 is 1.60 bits per heavy atom. The SMILES string of the molecule is Cc1c(C(C)C)ccc2c3cc4c(cc3n(-c3cc(C(C)(C)C)cc[n+]3C)c12)sc1ccccc14. The molecule has 35 heavy (non-hydrogen) atoms. The normalized spacial score (nSPS) is 12.7. The molecule has 0 N–H and O–H groups in total. The van der Waals surface area contributed by atoms with Crippen LogP contribution in [0.4, 0.5) is 0 Å². The number of hydrogen-bond acceptors (Lipinski definition) is 1. The molecule has 0 spiro atoms. The lowest BCUT2D eigenvalue weighted by molar-refractivity contribution is -0.665. The van der Waals surface area contributed by atoms with Crippen LogP contribution in [0.2, 0.25) is 0 Å². The van der Waals surface area contributed by atoms with E-state index in [4.69, 9.17) is 0 Å². The first-order chi connectivity index (χ1) is 16.6. The highest BCUT2D eigenvalue weighted by molar-refractivity contribution is 7.25. The first-order valence-corrected chi connectivity index (χ1v) is 13.4. The Morgan fingerprint density at radius 1 is 0.829 bits per heavy atom. The Kier molecular flexibility index (Phi) is 4.88. The van der Waals surface area contributed by atoms with Crippen LogP contribution < -0.4 is 4.57 Å². The van der Waals surface area contributed by atoms with Gasteiger partial charge >= 0.3 is 0 Å². The Morgan fingerprint density at radius 3 is 2.34 bits per heavy atom. The molecule has 0 aliphatic heterocycles. The fourth-order valence-corrected chi connectivity index (χ4v) is 6.73. The summed E-state index contributed by atoms with van der Waals surface area (Å²) in [6, 6.07) is 23.0. The van der Waals surface area contributed by atoms with Crippen LogP contribution in [-0.4, -0.2) is 4.57 Å². The van der Waals surface area contributed by atoms with E-state index in [1.54, 1.807) is 0 Å². The topological polar surface area (TPSA) is 8.81 Å². The van der Waals surface area contributed by atoms with Gasteiger partial charge in [-0.05, 0) is 53.6 Å². The van der Waals surface area contributed by atoms with Crippen molar-refractivity contribution in [3.8, 4) is 5.82 Å². The molecule has 3 heterocycles. The quantitative estimate of drug-likeness (QED) is 0.221. The maximum Gasteiger partial charge on any atom is 0.286 e. The van der Waals surface area contributed by atoms with E-state index in [1.165, 1.54) is 64.5 Å². The van der Waals surface area contributed by atoms with Crippen LogP contribution >= 0.6 is 11.3 Å². The van der Waals surface area contributed by atoms with Gasteiger partial charge in [0, 0.05) is 48.6 Å². The molecule has 0 unspecified atom stereocenters. The minimum absolute atomic E-state index is 0.0820. The van der Waals surface area contributed by atoms with E-state index < -0.39 is 0 Å². The number of thiophene rings is 1. The molecule has 0 aliphatic rings. The van der Waals surface area contributed by atoms with E-state index in [2.05, 4.69) is 125 Å². The third-order valence-electron chi connectivity index (χ3n) is 7.56. The Balaban J connectivity index is 1.82. The fraction of sp³-hybridized carbons (Fsp3) is 0.281. The van der Waals surface area contributed by atoms with E-state index in [-0.39, 0.29) is 5.41 Å². The number of fused-ring (bicyclic) bond motifs is 6. The van der Waals surface area contributed by atoms with Crippen molar-refractivity contribution in [3.63, 3.8) is 0 Å². The largest absolute Gasteiger partial charge is 0.286 e. The number of hydrogen-bond donors (Lipinski definition) is 0. The summed E-state index contributed by atoms with van der Waals surface area (Å²) >= 11 is 1.89. The lowest BCUT2D eigenvalue weighted by Gasteiger charge is -2.19. The molecule has 0 radical (unpaired) electrons. The van der Waals surface area contributed by atoms with E-state index >= 15 is 0 Å². The highest BCUT2D eigenvalue weighted by atomic mass is 32.1. The average Bonchev–Trinajstić information content (AvgIpc) is 3.32. The molecule has 0 bridgehead atoms. The summed E-state index contributed by atoms with van der Waals surface area (Å²) < 4.78 is 7.49. The van der Waals surface area contributed by atoms with Crippen molar-refractivity contribution in [1.82, 2.24) is 4.57 Å². The number of aryl methyl sites for hydroxylation is 2. The van der Waals surface area contributed by atoms with Crippen molar-refractivity contribution in [1.29, 1.82) is 0 Å². The highest BCUT2D eigenvalue weighted by Crippen LogP contribution is 2.42. The van der Waals surface area contributed by atoms with Gasteiger partial charge in [0.1, 0.15) is 11.0 Å². The van der Waals surface area contributed by atoms with Crippen LogP contribution in [0.25, 0.3) is 47.8 Å². The van der Waals surface area contributed by atoms with Gasteiger partial charge in [-0.3, -0.25) is 0 Å². The van der Waals surface area contributed by atoms with Crippen molar-refractivity contribution in [3.05, 3.63) is 83.6 Å². The molecule has 0 amide bonds. The molecule has 0 aliphatic carbocycles. The van der Waals surface area contributed by atoms with Crippen molar-refractivity contribution in [2.45, 2.75) is 52.9 Å². The molecule has 6 aromatic rings. The van der Waals surface area contributed by atoms with Gasteiger partial charge in [0.25, 0.3) is 5.82 Å². The predicted octanol–water partition coefficient (Wildman–Crippen LogP) is 8.71. The van der Waals surface area contributed by atoms with Gasteiger partial charge in [-0.25, -0.2) is 4.57 Å². The molecule has 0 fully saturated rings. The monoisotopic (exact) mass is 477 g/mol. The first-order valence-electron chi connectivity index (χ1n) is 12.5. The second-order valence-corrected chi connectivity index (χ2v) is 12.3. The molecule has 0 saturated heterocycles. The maximum absolute atomic E-state index is 2.52. The minimum atomic E-state index is 0.0820. The van der Waals surface area contributed by atoms with Crippen LogP contribution in [0, 0.1) is 6.92 Å². The molecular formula is C32H33N2S+. The zero-order valence-corrected chi connectivity index (χ0v) is 22.5. The fourth-order valence-electron chi connectivity index (χ4n) is 5.61. The van der Waals surface area contributed by atoms with Gasteiger partial charge in [0.15, 0.2) is 0 Å². The molecule has 0 atom stereocenters. The Labute approximate surface area is 211 Å². The van der Waals surface area contributed by atoms with Gasteiger partial charge in [0.2, 0.25) is 0 Å². The summed E-state index contributed by atoms with van der Waals surface area (Å²) in [6.07, 6.45) is 2.22. The second-order valence-electron chi connectivity index (χ2n) is 11.3. The summed E-state index contributed by atoms with van der Waals surface area (Å²) in [5, 5.41) is 5.37. The summed E-state index contributed by atoms with van der Waals surface area (Å²) in [5.74, 6) is 1.69. The zero-order valence-electron chi connectivity index (χ0n) is 21.7. The summed E-state index contributed by atoms with van der Waals surface area (Å²) in [7, 11) is 2.17. The predicted molar refractivity (Wildman–Crippen MR) is 152 cm³/mol. The van der Waals surface area contributed by atoms with E-state index in [9.17, 15) is 0 Å². The van der Waals surface area contributed by atoms with Gasteiger partial charge < -0.3 is 0 Å². The number of aromatic nitrogens is 2. The van der Waals surface area contributed by atoms with Crippen molar-refractivity contribution < 1.29 is 4.57 Å². The average molecular weight is 478 g/mol. The standard InChI is InChI=1S/C32H33N2S/c1-19(2)22-12-13-24-25-17-26-23-10-8-9-11-28(23)35-29(26)18-27(25)34(31(24)20(22)3)30-16-21(32(4,5)6)14-15-33(30)7/h8-19H,1-7H3/q+1. The van der Waals surface area contributed by atoms with Gasteiger partial charge in [0.05, 0.1) is 13.2 Å². The third kappa shape index (κ3) is 3.32. The van der Waals surface area contributed by atoms with Crippen LogP contribution in [0.5, 0.6) is 0 Å².